The van der Waals surface area contributed by atoms with Crippen LogP contribution in [0.2, 0.25) is 5.02 Å². The van der Waals surface area contributed by atoms with E-state index in [2.05, 4.69) is 13.2 Å². The van der Waals surface area contributed by atoms with Crippen molar-refractivity contribution < 1.29 is 29.0 Å². The Morgan fingerprint density at radius 3 is 2.68 bits per heavy atom. The number of hydrogen-bond acceptors (Lipinski definition) is 6. The van der Waals surface area contributed by atoms with Gasteiger partial charge in [0.15, 0.2) is 0 Å². The fraction of sp³-hybridized carbons (Fsp3) is 0.552. The number of rotatable bonds is 12. The highest BCUT2D eigenvalue weighted by Crippen LogP contribution is 2.65. The lowest BCUT2D eigenvalue weighted by Gasteiger charge is -2.37. The fourth-order valence-corrected chi connectivity index (χ4v) is 6.87. The molecule has 38 heavy (non-hydrogen) atoms. The Bertz CT molecular complexity index is 1110. The maximum Gasteiger partial charge on any atom is 0.312 e. The number of carbonyl (C=O) groups is 3. The third-order valence-electron chi connectivity index (χ3n) is 8.41. The lowest BCUT2D eigenvalue weighted by molar-refractivity contribution is -0.161. The highest BCUT2D eigenvalue weighted by Gasteiger charge is 2.80. The number of ether oxygens (including phenoxy) is 2. The molecule has 2 bridgehead atoms. The van der Waals surface area contributed by atoms with Gasteiger partial charge < -0.3 is 24.4 Å². The quantitative estimate of drug-likeness (QED) is 0.244. The average Bonchev–Trinajstić information content (AvgIpc) is 3.39. The lowest BCUT2D eigenvalue weighted by atomic mass is 9.62. The molecule has 3 unspecified atom stereocenters. The number of halogens is 1. The van der Waals surface area contributed by atoms with Crippen molar-refractivity contribution in [3.05, 3.63) is 54.6 Å². The van der Waals surface area contributed by atoms with E-state index in [1.54, 1.807) is 30.3 Å². The van der Waals surface area contributed by atoms with Gasteiger partial charge in [-0.05, 0) is 50.7 Å². The topological polar surface area (TPSA) is 96.4 Å². The van der Waals surface area contributed by atoms with Crippen LogP contribution < -0.4 is 4.90 Å². The number of anilines is 1. The Kier molecular flexibility index (Phi) is 8.35. The Labute approximate surface area is 229 Å². The molecule has 1 spiro atoms. The van der Waals surface area contributed by atoms with Crippen molar-refractivity contribution in [2.75, 3.05) is 31.2 Å². The molecule has 8 nitrogen and oxygen atoms in total. The summed E-state index contributed by atoms with van der Waals surface area (Å²) in [5, 5.41) is 10.2. The second-order valence-corrected chi connectivity index (χ2v) is 11.0. The zero-order valence-electron chi connectivity index (χ0n) is 22.1. The smallest absolute Gasteiger partial charge is 0.312 e. The van der Waals surface area contributed by atoms with Crippen molar-refractivity contribution >= 4 is 35.1 Å². The van der Waals surface area contributed by atoms with E-state index in [1.807, 2.05) is 19.9 Å². The van der Waals surface area contributed by atoms with Crippen LogP contribution in [0.25, 0.3) is 0 Å². The van der Waals surface area contributed by atoms with Crippen molar-refractivity contribution in [3.63, 3.8) is 0 Å². The number of unbranched alkanes of at least 4 members (excludes halogenated alkanes) is 2. The Morgan fingerprint density at radius 2 is 2.03 bits per heavy atom. The van der Waals surface area contributed by atoms with Crippen LogP contribution in [0.5, 0.6) is 0 Å². The van der Waals surface area contributed by atoms with Gasteiger partial charge in [-0.15, -0.1) is 13.2 Å². The summed E-state index contributed by atoms with van der Waals surface area (Å²) in [4.78, 5) is 44.6. The van der Waals surface area contributed by atoms with Crippen molar-refractivity contribution in [3.8, 4) is 0 Å². The number of nitrogens with zero attached hydrogens (tertiary/aromatic N) is 2. The SMILES string of the molecule is C=CCCCCOC(=O)[C@H]1[C@H]2C(=O)N(CCO)C(C(=O)N(CC=C)c3ccccc3Cl)C23CC(C)[C@]1(C)O3. The zero-order chi connectivity index (χ0) is 27.7. The number of allylic oxidation sites excluding steroid dienone is 1. The van der Waals surface area contributed by atoms with Gasteiger partial charge in [0.2, 0.25) is 5.91 Å². The molecule has 1 aromatic carbocycles. The molecule has 3 saturated heterocycles. The number of benzene rings is 1. The first-order valence-corrected chi connectivity index (χ1v) is 13.6. The predicted molar refractivity (Wildman–Crippen MR) is 145 cm³/mol. The summed E-state index contributed by atoms with van der Waals surface area (Å²) in [5.41, 5.74) is -1.71. The number of amides is 2. The minimum atomic E-state index is -1.23. The first-order valence-electron chi connectivity index (χ1n) is 13.2. The standard InChI is InChI=1S/C29H37ClN2O6/c1-5-7-8-11-17-37-27(36)23-22-25(34)32(15-16-33)24(29(22)18-19(3)28(23,4)38-29)26(35)31(14-6-2)21-13-10-9-12-20(21)30/h5-6,9-10,12-13,19,22-24,33H,1-2,7-8,11,14-18H2,3-4H3/t19?,22-,23+,24?,28-,29?/m0/s1. The second kappa shape index (κ2) is 11.2. The summed E-state index contributed by atoms with van der Waals surface area (Å²) in [6.07, 6.45) is 6.20. The van der Waals surface area contributed by atoms with Gasteiger partial charge in [-0.2, -0.15) is 0 Å². The van der Waals surface area contributed by atoms with Crippen LogP contribution in [0.3, 0.4) is 0 Å². The normalized spacial score (nSPS) is 31.3. The van der Waals surface area contributed by atoms with Gasteiger partial charge in [0, 0.05) is 13.1 Å². The van der Waals surface area contributed by atoms with Gasteiger partial charge in [0.25, 0.3) is 5.91 Å². The molecule has 0 aromatic heterocycles. The Balaban J connectivity index is 1.72. The van der Waals surface area contributed by atoms with E-state index >= 15 is 0 Å². The fourth-order valence-electron chi connectivity index (χ4n) is 6.63. The van der Waals surface area contributed by atoms with Crippen molar-refractivity contribution in [2.24, 2.45) is 17.8 Å². The van der Waals surface area contributed by atoms with Gasteiger partial charge in [-0.3, -0.25) is 14.4 Å². The first-order chi connectivity index (χ1) is 18.2. The number of hydrogen-bond donors (Lipinski definition) is 1. The highest BCUT2D eigenvalue weighted by atomic mass is 35.5. The van der Waals surface area contributed by atoms with E-state index in [9.17, 15) is 19.5 Å². The van der Waals surface area contributed by atoms with Crippen LogP contribution >= 0.6 is 11.6 Å². The minimum absolute atomic E-state index is 0.0598. The number of aliphatic hydroxyl groups excluding tert-OH is 1. The first kappa shape index (κ1) is 28.3. The summed E-state index contributed by atoms with van der Waals surface area (Å²) < 4.78 is 12.3. The van der Waals surface area contributed by atoms with Crippen molar-refractivity contribution in [1.29, 1.82) is 0 Å². The molecule has 2 amide bonds. The van der Waals surface area contributed by atoms with Gasteiger partial charge in [-0.25, -0.2) is 0 Å². The molecule has 4 rings (SSSR count). The molecular weight excluding hydrogens is 508 g/mol. The molecule has 3 aliphatic heterocycles. The molecule has 0 aliphatic carbocycles. The summed E-state index contributed by atoms with van der Waals surface area (Å²) in [7, 11) is 0. The lowest BCUT2D eigenvalue weighted by Crippen LogP contribution is -2.57. The van der Waals surface area contributed by atoms with E-state index in [0.717, 1.165) is 12.8 Å². The third-order valence-corrected chi connectivity index (χ3v) is 8.73. The highest BCUT2D eigenvalue weighted by molar-refractivity contribution is 6.34. The van der Waals surface area contributed by atoms with Crippen LogP contribution in [0, 0.1) is 17.8 Å². The maximum atomic E-state index is 14.3. The summed E-state index contributed by atoms with van der Waals surface area (Å²) in [5.74, 6) is -3.10. The molecule has 0 radical (unpaired) electrons. The van der Waals surface area contributed by atoms with Crippen LogP contribution in [0.15, 0.2) is 49.6 Å². The number of para-hydroxylation sites is 1. The van der Waals surface area contributed by atoms with E-state index < -0.39 is 41.0 Å². The van der Waals surface area contributed by atoms with Crippen molar-refractivity contribution in [2.45, 2.75) is 56.8 Å². The molecule has 1 aromatic rings. The number of esters is 1. The number of aliphatic hydroxyl groups is 1. The van der Waals surface area contributed by atoms with Crippen LogP contribution in [0.1, 0.15) is 39.5 Å². The molecule has 9 heteroatoms. The third kappa shape index (κ3) is 4.46. The molecule has 6 atom stereocenters. The van der Waals surface area contributed by atoms with E-state index in [4.69, 9.17) is 21.1 Å². The van der Waals surface area contributed by atoms with E-state index in [0.29, 0.717) is 23.6 Å². The zero-order valence-corrected chi connectivity index (χ0v) is 22.9. The number of fused-ring (bicyclic) bond motifs is 1. The molecule has 3 aliphatic rings. The van der Waals surface area contributed by atoms with Crippen LogP contribution in [-0.2, 0) is 23.9 Å². The summed E-state index contributed by atoms with van der Waals surface area (Å²) in [6, 6.07) is 5.92. The minimum Gasteiger partial charge on any atom is -0.465 e. The molecule has 1 N–H and O–H groups in total. The average molecular weight is 545 g/mol. The molecule has 3 fully saturated rings. The second-order valence-electron chi connectivity index (χ2n) is 10.6. The summed E-state index contributed by atoms with van der Waals surface area (Å²) in [6.45, 7) is 11.3. The van der Waals surface area contributed by atoms with Gasteiger partial charge in [-0.1, -0.05) is 42.8 Å². The number of carbonyl (C=O) groups excluding carboxylic acids is 3. The predicted octanol–water partition coefficient (Wildman–Crippen LogP) is 3.76. The Hall–Kier alpha value is -2.68. The number of β-amino-alcohol motifs (C(OH)–C–C–N with tert-alkyl or cyclic N) is 1. The van der Waals surface area contributed by atoms with Gasteiger partial charge >= 0.3 is 5.97 Å². The number of likely N-dealkylation sites (tertiary alicyclic amines) is 1. The van der Waals surface area contributed by atoms with E-state index in [-0.39, 0.29) is 38.1 Å². The summed E-state index contributed by atoms with van der Waals surface area (Å²) >= 11 is 6.46. The van der Waals surface area contributed by atoms with E-state index in [1.165, 1.54) is 9.80 Å². The molecular formula is C29H37ClN2O6. The molecule has 0 saturated carbocycles. The monoisotopic (exact) mass is 544 g/mol. The van der Waals surface area contributed by atoms with Crippen LogP contribution in [-0.4, -0.2) is 71.3 Å². The maximum absolute atomic E-state index is 14.3. The van der Waals surface area contributed by atoms with Gasteiger partial charge in [0.05, 0.1) is 35.4 Å². The largest absolute Gasteiger partial charge is 0.465 e. The molecule has 3 heterocycles. The molecule has 206 valence electrons. The van der Waals surface area contributed by atoms with Crippen molar-refractivity contribution in [1.82, 2.24) is 4.90 Å². The van der Waals surface area contributed by atoms with Crippen LogP contribution in [0.4, 0.5) is 5.69 Å². The van der Waals surface area contributed by atoms with Gasteiger partial charge in [0.1, 0.15) is 17.6 Å². The Morgan fingerprint density at radius 1 is 1.29 bits per heavy atom.